The van der Waals surface area contributed by atoms with Crippen LogP contribution >= 0.6 is 0 Å². The van der Waals surface area contributed by atoms with E-state index in [2.05, 4.69) is 9.88 Å². The number of carbonyl (C=O) groups is 1. The third-order valence-electron chi connectivity index (χ3n) is 4.77. The summed E-state index contributed by atoms with van der Waals surface area (Å²) in [6, 6.07) is 19.9. The van der Waals surface area contributed by atoms with Crippen LogP contribution in [-0.4, -0.2) is 22.0 Å². The lowest BCUT2D eigenvalue weighted by molar-refractivity contribution is 0.168. The highest BCUT2D eigenvalue weighted by Gasteiger charge is 2.32. The summed E-state index contributed by atoms with van der Waals surface area (Å²) in [7, 11) is 0. The van der Waals surface area contributed by atoms with Gasteiger partial charge >= 0.3 is 6.03 Å². The SMILES string of the molecule is O=C(NCc1ccccc1)N1CCn2cccc2[C@@H]1c1ccc(F)cc1. The topological polar surface area (TPSA) is 37.3 Å². The second-order valence-corrected chi connectivity index (χ2v) is 6.42. The van der Waals surface area contributed by atoms with Crippen LogP contribution in [0, 0.1) is 5.82 Å². The van der Waals surface area contributed by atoms with E-state index in [1.54, 1.807) is 12.1 Å². The van der Waals surface area contributed by atoms with Gasteiger partial charge in [-0.1, -0.05) is 42.5 Å². The molecule has 4 nitrogen and oxygen atoms in total. The van der Waals surface area contributed by atoms with Crippen molar-refractivity contribution in [3.8, 4) is 0 Å². The van der Waals surface area contributed by atoms with Gasteiger partial charge in [-0.2, -0.15) is 0 Å². The monoisotopic (exact) mass is 349 g/mol. The fourth-order valence-corrected chi connectivity index (χ4v) is 3.47. The Morgan fingerprint density at radius 1 is 1.00 bits per heavy atom. The molecule has 0 unspecified atom stereocenters. The summed E-state index contributed by atoms with van der Waals surface area (Å²) < 4.78 is 15.5. The lowest BCUT2D eigenvalue weighted by Gasteiger charge is -2.37. The quantitative estimate of drug-likeness (QED) is 0.764. The zero-order chi connectivity index (χ0) is 17.9. The lowest BCUT2D eigenvalue weighted by atomic mass is 10.0. The minimum Gasteiger partial charge on any atom is -0.348 e. The number of hydrogen-bond acceptors (Lipinski definition) is 1. The van der Waals surface area contributed by atoms with Gasteiger partial charge in [0.05, 0.1) is 6.04 Å². The Bertz CT molecular complexity index is 889. The van der Waals surface area contributed by atoms with Crippen LogP contribution in [-0.2, 0) is 13.1 Å². The van der Waals surface area contributed by atoms with Gasteiger partial charge in [-0.3, -0.25) is 0 Å². The summed E-state index contributed by atoms with van der Waals surface area (Å²) in [6.07, 6.45) is 2.02. The number of nitrogens with zero attached hydrogens (tertiary/aromatic N) is 2. The lowest BCUT2D eigenvalue weighted by Crippen LogP contribution is -2.47. The molecule has 2 aromatic carbocycles. The smallest absolute Gasteiger partial charge is 0.318 e. The summed E-state index contributed by atoms with van der Waals surface area (Å²) in [5.74, 6) is -0.278. The molecule has 26 heavy (non-hydrogen) atoms. The van der Waals surface area contributed by atoms with Crippen molar-refractivity contribution in [2.75, 3.05) is 6.54 Å². The molecule has 4 rings (SSSR count). The Morgan fingerprint density at radius 3 is 2.54 bits per heavy atom. The number of carbonyl (C=O) groups excluding carboxylic acids is 1. The van der Waals surface area contributed by atoms with Gasteiger partial charge in [0.25, 0.3) is 0 Å². The van der Waals surface area contributed by atoms with E-state index in [0.717, 1.165) is 23.4 Å². The molecular weight excluding hydrogens is 329 g/mol. The van der Waals surface area contributed by atoms with E-state index in [1.807, 2.05) is 53.6 Å². The standard InChI is InChI=1S/C21H20FN3O/c22-18-10-8-17(9-11-18)20-19-7-4-12-24(19)13-14-25(20)21(26)23-15-16-5-2-1-3-6-16/h1-12,20H,13-15H2,(H,23,26)/t20-/m0/s1. The first kappa shape index (κ1) is 16.4. The third-order valence-corrected chi connectivity index (χ3v) is 4.77. The number of nitrogens with one attached hydrogen (secondary N) is 1. The molecule has 1 aliphatic heterocycles. The van der Waals surface area contributed by atoms with E-state index >= 15 is 0 Å². The van der Waals surface area contributed by atoms with Crippen molar-refractivity contribution >= 4 is 6.03 Å². The fourth-order valence-electron chi connectivity index (χ4n) is 3.47. The fraction of sp³-hybridized carbons (Fsp3) is 0.190. The van der Waals surface area contributed by atoms with Gasteiger partial charge in [0.2, 0.25) is 0 Å². The van der Waals surface area contributed by atoms with Gasteiger partial charge in [0.15, 0.2) is 0 Å². The van der Waals surface area contributed by atoms with E-state index < -0.39 is 0 Å². The summed E-state index contributed by atoms with van der Waals surface area (Å²) >= 11 is 0. The van der Waals surface area contributed by atoms with Crippen molar-refractivity contribution in [1.82, 2.24) is 14.8 Å². The predicted molar refractivity (Wildman–Crippen MR) is 98.1 cm³/mol. The van der Waals surface area contributed by atoms with Crippen LogP contribution in [0.5, 0.6) is 0 Å². The molecule has 0 saturated carbocycles. The Hall–Kier alpha value is -3.08. The first-order chi connectivity index (χ1) is 12.7. The Labute approximate surface area is 151 Å². The molecule has 0 radical (unpaired) electrons. The van der Waals surface area contributed by atoms with Gasteiger partial charge in [0.1, 0.15) is 5.82 Å². The normalized spacial score (nSPS) is 16.2. The molecule has 132 valence electrons. The van der Waals surface area contributed by atoms with E-state index in [1.165, 1.54) is 12.1 Å². The molecule has 1 aliphatic rings. The number of amides is 2. The van der Waals surface area contributed by atoms with Crippen molar-refractivity contribution in [2.24, 2.45) is 0 Å². The molecular formula is C21H20FN3O. The highest BCUT2D eigenvalue weighted by Crippen LogP contribution is 2.32. The maximum absolute atomic E-state index is 13.4. The number of fused-ring (bicyclic) bond motifs is 1. The highest BCUT2D eigenvalue weighted by atomic mass is 19.1. The van der Waals surface area contributed by atoms with Crippen LogP contribution in [0.15, 0.2) is 72.9 Å². The van der Waals surface area contributed by atoms with Crippen molar-refractivity contribution in [2.45, 2.75) is 19.1 Å². The van der Waals surface area contributed by atoms with E-state index in [0.29, 0.717) is 13.1 Å². The average molecular weight is 349 g/mol. The largest absolute Gasteiger partial charge is 0.348 e. The molecule has 1 atom stereocenters. The summed E-state index contributed by atoms with van der Waals surface area (Å²) in [5, 5.41) is 3.01. The van der Waals surface area contributed by atoms with Crippen LogP contribution in [0.1, 0.15) is 22.9 Å². The van der Waals surface area contributed by atoms with Crippen molar-refractivity contribution in [1.29, 1.82) is 0 Å². The van der Waals surface area contributed by atoms with Crippen LogP contribution in [0.3, 0.4) is 0 Å². The zero-order valence-electron chi connectivity index (χ0n) is 14.3. The first-order valence-corrected chi connectivity index (χ1v) is 8.71. The molecule has 0 aliphatic carbocycles. The second kappa shape index (κ2) is 7.04. The summed E-state index contributed by atoms with van der Waals surface area (Å²) in [5.41, 5.74) is 3.00. The van der Waals surface area contributed by atoms with Crippen molar-refractivity contribution in [3.05, 3.63) is 95.6 Å². The van der Waals surface area contributed by atoms with Crippen molar-refractivity contribution < 1.29 is 9.18 Å². The molecule has 2 amide bonds. The molecule has 1 N–H and O–H groups in total. The Morgan fingerprint density at radius 2 is 1.77 bits per heavy atom. The molecule has 2 heterocycles. The maximum atomic E-state index is 13.4. The molecule has 1 aromatic heterocycles. The van der Waals surface area contributed by atoms with E-state index in [-0.39, 0.29) is 17.9 Å². The van der Waals surface area contributed by atoms with Crippen molar-refractivity contribution in [3.63, 3.8) is 0 Å². The van der Waals surface area contributed by atoms with Gasteiger partial charge in [0, 0.05) is 31.5 Å². The van der Waals surface area contributed by atoms with E-state index in [9.17, 15) is 9.18 Å². The summed E-state index contributed by atoms with van der Waals surface area (Å²) in [6.45, 7) is 1.83. The van der Waals surface area contributed by atoms with Gasteiger partial charge in [-0.05, 0) is 35.4 Å². The minimum absolute atomic E-state index is 0.115. The highest BCUT2D eigenvalue weighted by molar-refractivity contribution is 5.75. The van der Waals surface area contributed by atoms with Crippen LogP contribution < -0.4 is 5.32 Å². The second-order valence-electron chi connectivity index (χ2n) is 6.42. The Kier molecular flexibility index (Phi) is 4.44. The van der Waals surface area contributed by atoms with Gasteiger partial charge < -0.3 is 14.8 Å². The molecule has 0 bridgehead atoms. The summed E-state index contributed by atoms with van der Waals surface area (Å²) in [4.78, 5) is 14.7. The number of hydrogen-bond donors (Lipinski definition) is 1. The minimum atomic E-state index is -0.278. The number of halogens is 1. The molecule has 0 spiro atoms. The molecule has 3 aromatic rings. The average Bonchev–Trinajstić information content (AvgIpc) is 3.16. The molecule has 0 fully saturated rings. The maximum Gasteiger partial charge on any atom is 0.318 e. The van der Waals surface area contributed by atoms with Crippen LogP contribution in [0.2, 0.25) is 0 Å². The molecule has 0 saturated heterocycles. The molecule has 5 heteroatoms. The number of urea groups is 1. The predicted octanol–water partition coefficient (Wildman–Crippen LogP) is 3.94. The van der Waals surface area contributed by atoms with Crippen LogP contribution in [0.4, 0.5) is 9.18 Å². The number of aromatic nitrogens is 1. The van der Waals surface area contributed by atoms with Gasteiger partial charge in [-0.15, -0.1) is 0 Å². The Balaban J connectivity index is 1.59. The number of rotatable bonds is 3. The zero-order valence-corrected chi connectivity index (χ0v) is 14.3. The number of benzene rings is 2. The van der Waals surface area contributed by atoms with Crippen LogP contribution in [0.25, 0.3) is 0 Å². The third kappa shape index (κ3) is 3.20. The first-order valence-electron chi connectivity index (χ1n) is 8.71. The van der Waals surface area contributed by atoms with E-state index in [4.69, 9.17) is 0 Å². The van der Waals surface area contributed by atoms with Gasteiger partial charge in [-0.25, -0.2) is 9.18 Å².